The summed E-state index contributed by atoms with van der Waals surface area (Å²) >= 11 is 0. The van der Waals surface area contributed by atoms with Crippen LogP contribution < -0.4 is 10.5 Å². The molecular weight excluding hydrogens is 266 g/mol. The van der Waals surface area contributed by atoms with E-state index in [0.29, 0.717) is 6.61 Å². The summed E-state index contributed by atoms with van der Waals surface area (Å²) in [6, 6.07) is 5.47. The Morgan fingerprint density at radius 3 is 3.14 bits per heavy atom. The number of ether oxygens (including phenoxy) is 1. The van der Waals surface area contributed by atoms with E-state index < -0.39 is 0 Å². The Bertz CT molecular complexity index is 693. The lowest BCUT2D eigenvalue weighted by atomic mass is 10.1. The number of hydrogen-bond donors (Lipinski definition) is 0. The number of hydrogen-bond acceptors (Lipinski definition) is 4. The number of aryl methyl sites for hydroxylation is 1. The standard InChI is InChI=1S/C16H21N3O2/c1-3-5-13-11-18(8-9-21-13)14-10-15(20)19-7-4-6-12(2)16(19)17-14/h4,6-7,10,13H,3,5,8-9,11H2,1-2H3. The first kappa shape index (κ1) is 14.1. The minimum atomic E-state index is -0.0303. The lowest BCUT2D eigenvalue weighted by Gasteiger charge is -2.33. The normalized spacial score (nSPS) is 19.1. The van der Waals surface area contributed by atoms with Gasteiger partial charge in [0.25, 0.3) is 5.56 Å². The SMILES string of the molecule is CCCC1CN(c2cc(=O)n3cccc(C)c3n2)CCO1. The monoisotopic (exact) mass is 287 g/mol. The molecule has 3 heterocycles. The molecule has 0 bridgehead atoms. The van der Waals surface area contributed by atoms with Crippen LogP contribution in [-0.2, 0) is 4.74 Å². The zero-order valence-corrected chi connectivity index (χ0v) is 12.6. The van der Waals surface area contributed by atoms with Crippen LogP contribution in [0.15, 0.2) is 29.2 Å². The van der Waals surface area contributed by atoms with E-state index in [9.17, 15) is 4.79 Å². The van der Waals surface area contributed by atoms with Crippen LogP contribution in [-0.4, -0.2) is 35.2 Å². The summed E-state index contributed by atoms with van der Waals surface area (Å²) in [5.41, 5.74) is 1.71. The van der Waals surface area contributed by atoms with Gasteiger partial charge in [-0.15, -0.1) is 0 Å². The molecule has 0 saturated carbocycles. The third-order valence-corrected chi connectivity index (χ3v) is 3.95. The Morgan fingerprint density at radius 2 is 2.33 bits per heavy atom. The van der Waals surface area contributed by atoms with Crippen LogP contribution >= 0.6 is 0 Å². The average Bonchev–Trinajstić information content (AvgIpc) is 2.49. The third-order valence-electron chi connectivity index (χ3n) is 3.95. The number of fused-ring (bicyclic) bond motifs is 1. The molecule has 112 valence electrons. The van der Waals surface area contributed by atoms with Crippen LogP contribution in [0.5, 0.6) is 0 Å². The first-order chi connectivity index (χ1) is 10.2. The molecule has 0 amide bonds. The fourth-order valence-electron chi connectivity index (χ4n) is 2.84. The fourth-order valence-corrected chi connectivity index (χ4v) is 2.84. The molecule has 0 spiro atoms. The third kappa shape index (κ3) is 2.78. The van der Waals surface area contributed by atoms with Gasteiger partial charge in [0.15, 0.2) is 0 Å². The van der Waals surface area contributed by atoms with Gasteiger partial charge in [0.05, 0.1) is 12.7 Å². The minimum absolute atomic E-state index is 0.0303. The van der Waals surface area contributed by atoms with Gasteiger partial charge in [0.2, 0.25) is 0 Å². The number of nitrogens with zero attached hydrogens (tertiary/aromatic N) is 3. The Kier molecular flexibility index (Phi) is 3.92. The van der Waals surface area contributed by atoms with Crippen molar-refractivity contribution in [2.45, 2.75) is 32.8 Å². The van der Waals surface area contributed by atoms with Crippen molar-refractivity contribution in [3.05, 3.63) is 40.3 Å². The van der Waals surface area contributed by atoms with Gasteiger partial charge in [0, 0.05) is 25.4 Å². The van der Waals surface area contributed by atoms with Crippen molar-refractivity contribution in [2.24, 2.45) is 0 Å². The molecule has 1 atom stereocenters. The highest BCUT2D eigenvalue weighted by Crippen LogP contribution is 2.17. The van der Waals surface area contributed by atoms with Crippen LogP contribution in [0, 0.1) is 6.92 Å². The molecule has 21 heavy (non-hydrogen) atoms. The molecule has 2 aromatic heterocycles. The molecule has 0 aliphatic carbocycles. The lowest BCUT2D eigenvalue weighted by molar-refractivity contribution is 0.0346. The van der Waals surface area contributed by atoms with Gasteiger partial charge in [-0.25, -0.2) is 4.98 Å². The predicted octanol–water partition coefficient (Wildman–Crippen LogP) is 2.01. The topological polar surface area (TPSA) is 46.8 Å². The molecule has 2 aromatic rings. The van der Waals surface area contributed by atoms with E-state index in [0.717, 1.165) is 43.0 Å². The van der Waals surface area contributed by atoms with Crippen molar-refractivity contribution in [1.82, 2.24) is 9.38 Å². The summed E-state index contributed by atoms with van der Waals surface area (Å²) in [6.45, 7) is 6.42. The number of pyridine rings is 1. The molecule has 3 rings (SSSR count). The van der Waals surface area contributed by atoms with Crippen LogP contribution in [0.1, 0.15) is 25.3 Å². The van der Waals surface area contributed by atoms with E-state index >= 15 is 0 Å². The van der Waals surface area contributed by atoms with Gasteiger partial charge in [-0.2, -0.15) is 0 Å². The second-order valence-corrected chi connectivity index (χ2v) is 5.56. The predicted molar refractivity (Wildman–Crippen MR) is 83.1 cm³/mol. The van der Waals surface area contributed by atoms with E-state index in [1.165, 1.54) is 0 Å². The fraction of sp³-hybridized carbons (Fsp3) is 0.500. The van der Waals surface area contributed by atoms with E-state index in [-0.39, 0.29) is 11.7 Å². The summed E-state index contributed by atoms with van der Waals surface area (Å²) < 4.78 is 7.36. The summed E-state index contributed by atoms with van der Waals surface area (Å²) in [6.07, 6.45) is 4.15. The first-order valence-corrected chi connectivity index (χ1v) is 7.54. The number of anilines is 1. The Balaban J connectivity index is 1.97. The molecule has 0 aromatic carbocycles. The molecular formula is C16H21N3O2. The average molecular weight is 287 g/mol. The zero-order valence-electron chi connectivity index (χ0n) is 12.6. The van der Waals surface area contributed by atoms with Crippen molar-refractivity contribution < 1.29 is 4.74 Å². The zero-order chi connectivity index (χ0) is 14.8. The van der Waals surface area contributed by atoms with Crippen molar-refractivity contribution in [3.8, 4) is 0 Å². The maximum atomic E-state index is 12.3. The van der Waals surface area contributed by atoms with Gasteiger partial charge in [0.1, 0.15) is 11.5 Å². The first-order valence-electron chi connectivity index (χ1n) is 7.54. The summed E-state index contributed by atoms with van der Waals surface area (Å²) in [7, 11) is 0. The van der Waals surface area contributed by atoms with Gasteiger partial charge in [-0.05, 0) is 25.0 Å². The van der Waals surface area contributed by atoms with Crippen molar-refractivity contribution in [3.63, 3.8) is 0 Å². The van der Waals surface area contributed by atoms with E-state index in [1.807, 2.05) is 19.1 Å². The second kappa shape index (κ2) is 5.85. The van der Waals surface area contributed by atoms with E-state index in [4.69, 9.17) is 4.74 Å². The Morgan fingerprint density at radius 1 is 1.48 bits per heavy atom. The number of rotatable bonds is 3. The Hall–Kier alpha value is -1.88. The largest absolute Gasteiger partial charge is 0.375 e. The molecule has 1 unspecified atom stereocenters. The van der Waals surface area contributed by atoms with Gasteiger partial charge < -0.3 is 9.64 Å². The van der Waals surface area contributed by atoms with Gasteiger partial charge >= 0.3 is 0 Å². The summed E-state index contributed by atoms with van der Waals surface area (Å²) in [5.74, 6) is 0.763. The highest BCUT2D eigenvalue weighted by molar-refractivity contribution is 5.53. The smallest absolute Gasteiger partial charge is 0.259 e. The highest BCUT2D eigenvalue weighted by atomic mass is 16.5. The Labute approximate surface area is 124 Å². The number of aromatic nitrogens is 2. The molecule has 5 nitrogen and oxygen atoms in total. The molecule has 1 saturated heterocycles. The van der Waals surface area contributed by atoms with Crippen molar-refractivity contribution in [1.29, 1.82) is 0 Å². The van der Waals surface area contributed by atoms with Gasteiger partial charge in [-0.3, -0.25) is 9.20 Å². The number of morpholine rings is 1. The maximum absolute atomic E-state index is 12.3. The highest BCUT2D eigenvalue weighted by Gasteiger charge is 2.21. The summed E-state index contributed by atoms with van der Waals surface area (Å²) in [5, 5.41) is 0. The van der Waals surface area contributed by atoms with Crippen LogP contribution in [0.2, 0.25) is 0 Å². The quantitative estimate of drug-likeness (QED) is 0.866. The summed E-state index contributed by atoms with van der Waals surface area (Å²) in [4.78, 5) is 19.1. The molecule has 1 aliphatic rings. The molecule has 0 radical (unpaired) electrons. The molecule has 5 heteroatoms. The van der Waals surface area contributed by atoms with Gasteiger partial charge in [-0.1, -0.05) is 19.4 Å². The minimum Gasteiger partial charge on any atom is -0.375 e. The van der Waals surface area contributed by atoms with Crippen LogP contribution in [0.4, 0.5) is 5.82 Å². The molecule has 1 fully saturated rings. The maximum Gasteiger partial charge on any atom is 0.259 e. The molecule has 1 aliphatic heterocycles. The van der Waals surface area contributed by atoms with Crippen LogP contribution in [0.3, 0.4) is 0 Å². The lowest BCUT2D eigenvalue weighted by Crippen LogP contribution is -2.43. The van der Waals surface area contributed by atoms with Crippen LogP contribution in [0.25, 0.3) is 5.65 Å². The molecule has 0 N–H and O–H groups in total. The van der Waals surface area contributed by atoms with E-state index in [2.05, 4.69) is 16.8 Å². The second-order valence-electron chi connectivity index (χ2n) is 5.56. The van der Waals surface area contributed by atoms with Crippen molar-refractivity contribution in [2.75, 3.05) is 24.6 Å². The van der Waals surface area contributed by atoms with Crippen molar-refractivity contribution >= 4 is 11.5 Å². The van der Waals surface area contributed by atoms with E-state index in [1.54, 1.807) is 16.7 Å².